The molecule has 4 aliphatic heterocycles. The van der Waals surface area contributed by atoms with Crippen molar-refractivity contribution in [2.75, 3.05) is 84.9 Å². The van der Waals surface area contributed by atoms with Gasteiger partial charge in [0, 0.05) is 71.0 Å². The number of oxazole rings is 1. The molecular weight excluding hydrogens is 767 g/mol. The number of rotatable bonds is 13. The number of fused-ring (bicyclic) bond motifs is 2. The molecule has 4 aliphatic rings. The standard InChI is InChI=1S/C45H63N7O8/c1-31-28-32(29-38-41(31)48(4)44(56)59-38)30-39(60-45(57)51-24-15-36(16-25-51)52-26-14-35-8-5-6-9-37(35)46-43(52)55)42(54)50-22-12-34(13-23-50)33-10-19-49(20-11-33)21-17-40(53)58-27-7-18-47(2)3/h5-6,8-9,28-29,33-34,36,39H,7,10-27,30H2,1-4H3,(H,46,55)/t39-/m1/s1. The molecule has 15 heteroatoms. The number of urea groups is 1. The fourth-order valence-corrected chi connectivity index (χ4v) is 9.72. The number of carbonyl (C=O) groups excluding carboxylic acids is 4. The van der Waals surface area contributed by atoms with Crippen molar-refractivity contribution in [1.82, 2.24) is 29.1 Å². The van der Waals surface area contributed by atoms with Crippen LogP contribution in [0.5, 0.6) is 0 Å². The molecule has 7 rings (SSSR count). The second kappa shape index (κ2) is 19.7. The number of amides is 4. The van der Waals surface area contributed by atoms with Crippen LogP contribution >= 0.6 is 0 Å². The van der Waals surface area contributed by atoms with Gasteiger partial charge in [-0.2, -0.15) is 0 Å². The summed E-state index contributed by atoms with van der Waals surface area (Å²) in [5.74, 6) is 0.267. The number of carbonyl (C=O) groups is 4. The Morgan fingerprint density at radius 3 is 2.30 bits per heavy atom. The summed E-state index contributed by atoms with van der Waals surface area (Å²) in [6, 6.07) is 11.4. The van der Waals surface area contributed by atoms with E-state index in [1.807, 2.05) is 61.2 Å². The normalized spacial score (nSPS) is 19.3. The van der Waals surface area contributed by atoms with Crippen LogP contribution in [0, 0.1) is 18.8 Å². The van der Waals surface area contributed by atoms with Crippen molar-refractivity contribution < 1.29 is 33.1 Å². The number of para-hydroxylation sites is 1. The van der Waals surface area contributed by atoms with Crippen molar-refractivity contribution in [2.24, 2.45) is 18.9 Å². The second-order valence-corrected chi connectivity index (χ2v) is 17.5. The van der Waals surface area contributed by atoms with E-state index in [1.165, 1.54) is 4.57 Å². The van der Waals surface area contributed by atoms with E-state index in [9.17, 15) is 24.0 Å². The van der Waals surface area contributed by atoms with Gasteiger partial charge >= 0.3 is 23.8 Å². The number of nitrogens with zero attached hydrogens (tertiary/aromatic N) is 6. The number of aryl methyl sites for hydroxylation is 2. The number of esters is 1. The Labute approximate surface area is 352 Å². The van der Waals surface area contributed by atoms with Crippen LogP contribution in [0.1, 0.15) is 68.1 Å². The first-order chi connectivity index (χ1) is 28.9. The summed E-state index contributed by atoms with van der Waals surface area (Å²) in [7, 11) is 5.68. The van der Waals surface area contributed by atoms with E-state index in [-0.39, 0.29) is 30.4 Å². The average Bonchev–Trinajstić information content (AvgIpc) is 3.42. The molecule has 3 aromatic rings. The number of hydrogen-bond donors (Lipinski definition) is 1. The summed E-state index contributed by atoms with van der Waals surface area (Å²) in [6.07, 6.45) is 5.69. The molecule has 0 saturated carbocycles. The molecule has 0 radical (unpaired) electrons. The zero-order chi connectivity index (χ0) is 42.3. The number of ether oxygens (including phenoxy) is 2. The van der Waals surface area contributed by atoms with Crippen LogP contribution in [-0.2, 0) is 39.0 Å². The predicted octanol–water partition coefficient (Wildman–Crippen LogP) is 4.88. The summed E-state index contributed by atoms with van der Waals surface area (Å²) < 4.78 is 18.5. The lowest BCUT2D eigenvalue weighted by molar-refractivity contribution is -0.144. The Kier molecular flexibility index (Phi) is 14.2. The van der Waals surface area contributed by atoms with Crippen molar-refractivity contribution in [1.29, 1.82) is 0 Å². The number of anilines is 1. The molecular formula is C45H63N7O8. The number of piperidine rings is 3. The maximum atomic E-state index is 14.4. The largest absolute Gasteiger partial charge is 0.466 e. The average molecular weight is 830 g/mol. The minimum atomic E-state index is -1.06. The zero-order valence-corrected chi connectivity index (χ0v) is 35.9. The lowest BCUT2D eigenvalue weighted by atomic mass is 9.78. The topological polar surface area (TPSA) is 150 Å². The summed E-state index contributed by atoms with van der Waals surface area (Å²) in [6.45, 7) is 8.50. The molecule has 326 valence electrons. The Morgan fingerprint density at radius 2 is 1.58 bits per heavy atom. The Morgan fingerprint density at radius 1 is 0.900 bits per heavy atom. The quantitative estimate of drug-likeness (QED) is 0.187. The van der Waals surface area contributed by atoms with Gasteiger partial charge < -0.3 is 43.7 Å². The van der Waals surface area contributed by atoms with E-state index >= 15 is 0 Å². The van der Waals surface area contributed by atoms with Crippen LogP contribution in [-0.4, -0.2) is 145 Å². The first-order valence-electron chi connectivity index (χ1n) is 21.9. The zero-order valence-electron chi connectivity index (χ0n) is 35.9. The van der Waals surface area contributed by atoms with Crippen LogP contribution in [0.25, 0.3) is 11.1 Å². The summed E-state index contributed by atoms with van der Waals surface area (Å²) in [5, 5.41) is 3.05. The Balaban J connectivity index is 0.933. The van der Waals surface area contributed by atoms with Crippen LogP contribution < -0.4 is 11.1 Å². The van der Waals surface area contributed by atoms with Gasteiger partial charge in [-0.25, -0.2) is 14.4 Å². The molecule has 4 amide bonds. The molecule has 1 aromatic heterocycles. The van der Waals surface area contributed by atoms with Crippen LogP contribution in [0.15, 0.2) is 45.6 Å². The number of hydrogen-bond acceptors (Lipinski definition) is 10. The molecule has 0 spiro atoms. The Bertz CT molecular complexity index is 2040. The lowest BCUT2D eigenvalue weighted by Gasteiger charge is -2.41. The first-order valence-corrected chi connectivity index (χ1v) is 21.9. The van der Waals surface area contributed by atoms with Crippen molar-refractivity contribution in [3.8, 4) is 0 Å². The van der Waals surface area contributed by atoms with Gasteiger partial charge in [0.25, 0.3) is 5.91 Å². The van der Waals surface area contributed by atoms with Gasteiger partial charge in [-0.05, 0) is 126 Å². The number of likely N-dealkylation sites (tertiary alicyclic amines) is 3. The van der Waals surface area contributed by atoms with E-state index in [1.54, 1.807) is 18.0 Å². The van der Waals surface area contributed by atoms with E-state index < -0.39 is 18.0 Å². The molecule has 0 bridgehead atoms. The molecule has 60 heavy (non-hydrogen) atoms. The molecule has 1 N–H and O–H groups in total. The van der Waals surface area contributed by atoms with Crippen LogP contribution in [0.2, 0.25) is 0 Å². The van der Waals surface area contributed by atoms with Gasteiger partial charge in [-0.15, -0.1) is 0 Å². The van der Waals surface area contributed by atoms with E-state index in [0.717, 1.165) is 87.1 Å². The molecule has 3 fully saturated rings. The SMILES string of the molecule is Cc1cc(C[C@@H](OC(=O)N2CCC(N3CCc4ccccc4NC3=O)CC2)C(=O)N2CCC(C3CCN(CCC(=O)OCCCN(C)C)CC3)CC2)cc2oc(=O)n(C)c12. The van der Waals surface area contributed by atoms with Crippen molar-refractivity contribution >= 4 is 40.8 Å². The van der Waals surface area contributed by atoms with E-state index in [4.69, 9.17) is 13.9 Å². The molecule has 2 aromatic carbocycles. The van der Waals surface area contributed by atoms with Gasteiger partial charge in [-0.1, -0.05) is 24.3 Å². The summed E-state index contributed by atoms with van der Waals surface area (Å²) >= 11 is 0. The highest BCUT2D eigenvalue weighted by molar-refractivity contribution is 5.91. The third-order valence-electron chi connectivity index (χ3n) is 13.2. The Hall–Kier alpha value is -4.89. The molecule has 15 nitrogen and oxygen atoms in total. The highest BCUT2D eigenvalue weighted by Gasteiger charge is 2.37. The highest BCUT2D eigenvalue weighted by Crippen LogP contribution is 2.33. The fraction of sp³-hybridized carbons (Fsp3) is 0.622. The molecule has 0 unspecified atom stereocenters. The van der Waals surface area contributed by atoms with Crippen molar-refractivity contribution in [3.05, 3.63) is 63.6 Å². The van der Waals surface area contributed by atoms with E-state index in [0.29, 0.717) is 81.5 Å². The maximum Gasteiger partial charge on any atom is 0.419 e. The van der Waals surface area contributed by atoms with Gasteiger partial charge in [0.2, 0.25) is 0 Å². The second-order valence-electron chi connectivity index (χ2n) is 17.5. The molecule has 5 heterocycles. The third kappa shape index (κ3) is 10.5. The maximum absolute atomic E-state index is 14.4. The first kappa shape index (κ1) is 43.2. The molecule has 3 saturated heterocycles. The van der Waals surface area contributed by atoms with Crippen LogP contribution in [0.3, 0.4) is 0 Å². The van der Waals surface area contributed by atoms with Gasteiger partial charge in [-0.3, -0.25) is 14.2 Å². The monoisotopic (exact) mass is 829 g/mol. The molecule has 1 atom stereocenters. The number of benzene rings is 2. The van der Waals surface area contributed by atoms with Gasteiger partial charge in [0.1, 0.15) is 0 Å². The van der Waals surface area contributed by atoms with Crippen molar-refractivity contribution in [2.45, 2.75) is 83.3 Å². The smallest absolute Gasteiger partial charge is 0.419 e. The van der Waals surface area contributed by atoms with Crippen molar-refractivity contribution in [3.63, 3.8) is 0 Å². The summed E-state index contributed by atoms with van der Waals surface area (Å²) in [4.78, 5) is 75.9. The predicted molar refractivity (Wildman–Crippen MR) is 228 cm³/mol. The number of aromatic nitrogens is 1. The number of nitrogens with one attached hydrogen (secondary N) is 1. The van der Waals surface area contributed by atoms with Crippen LogP contribution in [0.4, 0.5) is 15.3 Å². The highest BCUT2D eigenvalue weighted by atomic mass is 16.6. The third-order valence-corrected chi connectivity index (χ3v) is 13.2. The van der Waals surface area contributed by atoms with Gasteiger partial charge in [0.05, 0.1) is 18.5 Å². The summed E-state index contributed by atoms with van der Waals surface area (Å²) in [5.41, 5.74) is 4.65. The van der Waals surface area contributed by atoms with Gasteiger partial charge in [0.15, 0.2) is 11.7 Å². The molecule has 0 aliphatic carbocycles. The fourth-order valence-electron chi connectivity index (χ4n) is 9.72. The minimum absolute atomic E-state index is 0.0172. The lowest BCUT2D eigenvalue weighted by Crippen LogP contribution is -2.52. The van der Waals surface area contributed by atoms with E-state index in [2.05, 4.69) is 15.1 Å². The minimum Gasteiger partial charge on any atom is -0.466 e.